The molecular weight excluding hydrogens is 390 g/mol. The van der Waals surface area contributed by atoms with Gasteiger partial charge in [-0.3, -0.25) is 9.59 Å². The van der Waals surface area contributed by atoms with Gasteiger partial charge in [0, 0.05) is 12.5 Å². The van der Waals surface area contributed by atoms with Crippen LogP contribution in [0.4, 0.5) is 0 Å². The van der Waals surface area contributed by atoms with Gasteiger partial charge in [-0.15, -0.1) is 0 Å². The molecule has 5 heteroatoms. The van der Waals surface area contributed by atoms with Gasteiger partial charge in [-0.25, -0.2) is 4.79 Å². The Hall–Kier alpha value is -3.99. The van der Waals surface area contributed by atoms with Crippen molar-refractivity contribution in [2.24, 2.45) is 0 Å². The van der Waals surface area contributed by atoms with E-state index in [4.69, 9.17) is 4.74 Å². The summed E-state index contributed by atoms with van der Waals surface area (Å²) in [6.07, 6.45) is 2.36. The summed E-state index contributed by atoms with van der Waals surface area (Å²) in [5, 5.41) is 2.47. The topological polar surface area (TPSA) is 72.5 Å². The lowest BCUT2D eigenvalue weighted by Gasteiger charge is -2.09. The number of amides is 1. The first-order valence-electron chi connectivity index (χ1n) is 9.97. The van der Waals surface area contributed by atoms with Crippen molar-refractivity contribution in [3.63, 3.8) is 0 Å². The molecule has 0 fully saturated rings. The summed E-state index contributed by atoms with van der Waals surface area (Å²) in [5.41, 5.74) is 5.77. The van der Waals surface area contributed by atoms with Gasteiger partial charge in [0.1, 0.15) is 5.70 Å². The van der Waals surface area contributed by atoms with E-state index in [2.05, 4.69) is 11.4 Å². The minimum absolute atomic E-state index is 0.0191. The maximum atomic E-state index is 12.7. The van der Waals surface area contributed by atoms with E-state index in [1.54, 1.807) is 18.2 Å². The van der Waals surface area contributed by atoms with Crippen LogP contribution in [0.1, 0.15) is 34.0 Å². The van der Waals surface area contributed by atoms with Crippen LogP contribution in [0.25, 0.3) is 17.2 Å². The average Bonchev–Trinajstić information content (AvgIpc) is 3.15. The SMILES string of the molecule is CC(=O)N/C(=C/c1ccccc1)C(=O)OCC(=O)c1ccc2c(c1)-c1ccccc1C2. The molecule has 0 saturated carbocycles. The van der Waals surface area contributed by atoms with E-state index in [1.165, 1.54) is 24.1 Å². The van der Waals surface area contributed by atoms with Crippen molar-refractivity contribution in [2.45, 2.75) is 13.3 Å². The van der Waals surface area contributed by atoms with Gasteiger partial charge >= 0.3 is 5.97 Å². The second kappa shape index (κ2) is 8.79. The van der Waals surface area contributed by atoms with Crippen molar-refractivity contribution in [1.82, 2.24) is 5.32 Å². The molecule has 0 unspecified atom stereocenters. The summed E-state index contributed by atoms with van der Waals surface area (Å²) in [7, 11) is 0. The van der Waals surface area contributed by atoms with Crippen molar-refractivity contribution < 1.29 is 19.1 Å². The summed E-state index contributed by atoms with van der Waals surface area (Å²) < 4.78 is 5.21. The lowest BCUT2D eigenvalue weighted by Crippen LogP contribution is -2.27. The molecule has 0 bridgehead atoms. The highest BCUT2D eigenvalue weighted by Crippen LogP contribution is 2.36. The number of rotatable bonds is 6. The van der Waals surface area contributed by atoms with Crippen LogP contribution in [0.15, 0.2) is 78.5 Å². The monoisotopic (exact) mass is 411 g/mol. The van der Waals surface area contributed by atoms with E-state index in [9.17, 15) is 14.4 Å². The van der Waals surface area contributed by atoms with Gasteiger partial charge in [-0.2, -0.15) is 0 Å². The second-order valence-corrected chi connectivity index (χ2v) is 7.36. The van der Waals surface area contributed by atoms with Crippen LogP contribution < -0.4 is 5.32 Å². The van der Waals surface area contributed by atoms with Crippen molar-refractivity contribution in [2.75, 3.05) is 6.61 Å². The number of carbonyl (C=O) groups excluding carboxylic acids is 3. The number of ketones is 1. The normalized spacial score (nSPS) is 12.0. The Kier molecular flexibility index (Phi) is 5.76. The molecule has 0 aromatic heterocycles. The number of nitrogens with one attached hydrogen (secondary N) is 1. The molecule has 4 rings (SSSR count). The first-order chi connectivity index (χ1) is 15.0. The Morgan fingerprint density at radius 3 is 2.39 bits per heavy atom. The van der Waals surface area contributed by atoms with E-state index < -0.39 is 18.5 Å². The molecule has 1 amide bonds. The molecule has 0 aliphatic heterocycles. The predicted octanol–water partition coefficient (Wildman–Crippen LogP) is 4.16. The van der Waals surface area contributed by atoms with Gasteiger partial charge in [0.15, 0.2) is 12.4 Å². The number of benzene rings is 3. The molecule has 1 aliphatic carbocycles. The van der Waals surface area contributed by atoms with Crippen LogP contribution in [0.2, 0.25) is 0 Å². The molecule has 0 heterocycles. The Labute approximate surface area is 180 Å². The summed E-state index contributed by atoms with van der Waals surface area (Å²) in [6.45, 7) is 0.893. The molecule has 1 N–H and O–H groups in total. The number of esters is 1. The third-order valence-electron chi connectivity index (χ3n) is 5.10. The fourth-order valence-electron chi connectivity index (χ4n) is 3.64. The van der Waals surface area contributed by atoms with Gasteiger partial charge in [0.2, 0.25) is 5.91 Å². The molecule has 3 aromatic carbocycles. The number of ether oxygens (including phenoxy) is 1. The summed E-state index contributed by atoms with van der Waals surface area (Å²) in [4.78, 5) is 36.7. The van der Waals surface area contributed by atoms with Crippen molar-refractivity contribution in [1.29, 1.82) is 0 Å². The van der Waals surface area contributed by atoms with Crippen LogP contribution in [-0.4, -0.2) is 24.3 Å². The molecule has 0 spiro atoms. The maximum absolute atomic E-state index is 12.7. The Balaban J connectivity index is 1.47. The van der Waals surface area contributed by atoms with Crippen molar-refractivity contribution in [3.8, 4) is 11.1 Å². The molecular formula is C26H21NO4. The lowest BCUT2D eigenvalue weighted by atomic mass is 10.0. The van der Waals surface area contributed by atoms with Crippen molar-refractivity contribution >= 4 is 23.7 Å². The maximum Gasteiger partial charge on any atom is 0.355 e. The average molecular weight is 411 g/mol. The molecule has 31 heavy (non-hydrogen) atoms. The molecule has 154 valence electrons. The highest BCUT2D eigenvalue weighted by molar-refractivity contribution is 6.02. The minimum Gasteiger partial charge on any atom is -0.453 e. The quantitative estimate of drug-likeness (QED) is 0.294. The minimum atomic E-state index is -0.765. The smallest absolute Gasteiger partial charge is 0.355 e. The van der Waals surface area contributed by atoms with Crippen LogP contribution in [0.3, 0.4) is 0 Å². The van der Waals surface area contributed by atoms with E-state index in [0.717, 1.165) is 23.1 Å². The van der Waals surface area contributed by atoms with Crippen LogP contribution in [-0.2, 0) is 20.7 Å². The largest absolute Gasteiger partial charge is 0.453 e. The third-order valence-corrected chi connectivity index (χ3v) is 5.10. The number of hydrogen-bond donors (Lipinski definition) is 1. The van der Waals surface area contributed by atoms with Crippen molar-refractivity contribution in [3.05, 3.63) is 101 Å². The van der Waals surface area contributed by atoms with E-state index in [-0.39, 0.29) is 11.5 Å². The number of fused-ring (bicyclic) bond motifs is 3. The zero-order valence-electron chi connectivity index (χ0n) is 17.1. The van der Waals surface area contributed by atoms with Crippen LogP contribution in [0.5, 0.6) is 0 Å². The summed E-state index contributed by atoms with van der Waals surface area (Å²) in [6, 6.07) is 22.7. The van der Waals surface area contributed by atoms with E-state index in [1.807, 2.05) is 48.5 Å². The van der Waals surface area contributed by atoms with E-state index in [0.29, 0.717) is 5.56 Å². The summed E-state index contributed by atoms with van der Waals surface area (Å²) >= 11 is 0. The lowest BCUT2D eigenvalue weighted by molar-refractivity contribution is -0.139. The standard InChI is InChI=1S/C26H21NO4/c1-17(28)27-24(13-18-7-3-2-4-8-18)26(30)31-16-25(29)21-12-11-20-14-19-9-5-6-10-22(19)23(20)15-21/h2-13,15H,14,16H2,1H3,(H,27,28)/b24-13+. The Morgan fingerprint density at radius 2 is 1.61 bits per heavy atom. The fourth-order valence-corrected chi connectivity index (χ4v) is 3.64. The third kappa shape index (κ3) is 4.61. The van der Waals surface area contributed by atoms with Crippen LogP contribution in [0, 0.1) is 0 Å². The number of Topliss-reactive ketones (excluding diaryl/α,β-unsaturated/α-hetero) is 1. The molecule has 3 aromatic rings. The van der Waals surface area contributed by atoms with Gasteiger partial charge < -0.3 is 10.1 Å². The predicted molar refractivity (Wildman–Crippen MR) is 118 cm³/mol. The van der Waals surface area contributed by atoms with Gasteiger partial charge in [0.05, 0.1) is 0 Å². The van der Waals surface area contributed by atoms with Gasteiger partial charge in [-0.05, 0) is 46.4 Å². The zero-order valence-corrected chi connectivity index (χ0v) is 17.1. The zero-order chi connectivity index (χ0) is 21.8. The Morgan fingerprint density at radius 1 is 0.903 bits per heavy atom. The first-order valence-corrected chi connectivity index (χ1v) is 9.97. The molecule has 5 nitrogen and oxygen atoms in total. The molecule has 0 saturated heterocycles. The molecule has 0 radical (unpaired) electrons. The first kappa shape index (κ1) is 20.3. The fraction of sp³-hybridized carbons (Fsp3) is 0.115. The number of hydrogen-bond acceptors (Lipinski definition) is 4. The number of carbonyl (C=O) groups is 3. The van der Waals surface area contributed by atoms with Gasteiger partial charge in [-0.1, -0.05) is 66.7 Å². The molecule has 0 atom stereocenters. The summed E-state index contributed by atoms with van der Waals surface area (Å²) in [5.74, 6) is -1.47. The molecule has 1 aliphatic rings. The van der Waals surface area contributed by atoms with Gasteiger partial charge in [0.25, 0.3) is 0 Å². The second-order valence-electron chi connectivity index (χ2n) is 7.36. The Bertz CT molecular complexity index is 1200. The highest BCUT2D eigenvalue weighted by Gasteiger charge is 2.20. The highest BCUT2D eigenvalue weighted by atomic mass is 16.5. The van der Waals surface area contributed by atoms with E-state index >= 15 is 0 Å². The van der Waals surface area contributed by atoms with Crippen LogP contribution >= 0.6 is 0 Å².